The van der Waals surface area contributed by atoms with Crippen LogP contribution in [0.3, 0.4) is 0 Å². The van der Waals surface area contributed by atoms with E-state index in [1.54, 1.807) is 0 Å². The third-order valence-corrected chi connectivity index (χ3v) is 2.54. The highest BCUT2D eigenvalue weighted by Crippen LogP contribution is 2.01. The first-order valence-electron chi connectivity index (χ1n) is 6.10. The van der Waals surface area contributed by atoms with Gasteiger partial charge in [0.2, 0.25) is 0 Å². The van der Waals surface area contributed by atoms with Gasteiger partial charge in [0.15, 0.2) is 0 Å². The highest BCUT2D eigenvalue weighted by Gasteiger charge is 1.92. The fraction of sp³-hybridized carbons (Fsp3) is 0.571. The molecule has 1 rings (SSSR count). The lowest BCUT2D eigenvalue weighted by molar-refractivity contribution is 0.590. The van der Waals surface area contributed by atoms with Gasteiger partial charge in [-0.05, 0) is 24.8 Å². The normalized spacial score (nSPS) is 10.5. The third-order valence-electron chi connectivity index (χ3n) is 2.54. The largest absolute Gasteiger partial charge is 0.242 e. The van der Waals surface area contributed by atoms with E-state index in [4.69, 9.17) is 0 Å². The lowest BCUT2D eigenvalue weighted by Gasteiger charge is -2.02. The molecular formula is C14H22N. The Bertz CT molecular complexity index is 230. The first-order chi connectivity index (χ1) is 7.43. The van der Waals surface area contributed by atoms with Crippen molar-refractivity contribution in [2.75, 3.05) is 13.1 Å². The van der Waals surface area contributed by atoms with Gasteiger partial charge in [-0.1, -0.05) is 50.1 Å². The maximum Gasteiger partial charge on any atom is 0.0136 e. The van der Waals surface area contributed by atoms with Crippen LogP contribution in [0.2, 0.25) is 0 Å². The van der Waals surface area contributed by atoms with Crippen LogP contribution in [0, 0.1) is 0 Å². The highest BCUT2D eigenvalue weighted by molar-refractivity contribution is 5.14. The molecule has 0 fully saturated rings. The van der Waals surface area contributed by atoms with Crippen molar-refractivity contribution < 1.29 is 0 Å². The van der Waals surface area contributed by atoms with Gasteiger partial charge in [-0.2, -0.15) is 0 Å². The van der Waals surface area contributed by atoms with Crippen molar-refractivity contribution in [3.05, 3.63) is 35.9 Å². The Morgan fingerprint density at radius 1 is 0.933 bits per heavy atom. The van der Waals surface area contributed by atoms with Gasteiger partial charge >= 0.3 is 0 Å². The van der Waals surface area contributed by atoms with E-state index in [0.717, 1.165) is 19.5 Å². The van der Waals surface area contributed by atoms with Crippen LogP contribution in [-0.2, 0) is 6.42 Å². The van der Waals surface area contributed by atoms with E-state index in [2.05, 4.69) is 42.6 Å². The van der Waals surface area contributed by atoms with E-state index in [9.17, 15) is 0 Å². The average molecular weight is 204 g/mol. The van der Waals surface area contributed by atoms with Crippen LogP contribution in [0.5, 0.6) is 0 Å². The fourth-order valence-corrected chi connectivity index (χ4v) is 1.63. The van der Waals surface area contributed by atoms with Crippen molar-refractivity contribution in [3.8, 4) is 0 Å². The Morgan fingerprint density at radius 3 is 2.40 bits per heavy atom. The Labute approximate surface area is 93.9 Å². The molecule has 0 aliphatic carbocycles. The zero-order valence-corrected chi connectivity index (χ0v) is 9.78. The summed E-state index contributed by atoms with van der Waals surface area (Å²) in [5.41, 5.74) is 1.43. The third kappa shape index (κ3) is 6.29. The van der Waals surface area contributed by atoms with Crippen molar-refractivity contribution in [3.63, 3.8) is 0 Å². The van der Waals surface area contributed by atoms with E-state index in [-0.39, 0.29) is 0 Å². The van der Waals surface area contributed by atoms with Crippen LogP contribution in [0.4, 0.5) is 0 Å². The second-order valence-corrected chi connectivity index (χ2v) is 3.97. The lowest BCUT2D eigenvalue weighted by Crippen LogP contribution is -2.09. The molecule has 0 aromatic heterocycles. The van der Waals surface area contributed by atoms with Gasteiger partial charge in [0, 0.05) is 13.1 Å². The number of unbranched alkanes of at least 4 members (excludes halogenated alkanes) is 2. The molecule has 0 bridgehead atoms. The number of aryl methyl sites for hydroxylation is 1. The highest BCUT2D eigenvalue weighted by atomic mass is 14.8. The van der Waals surface area contributed by atoms with Crippen molar-refractivity contribution in [2.24, 2.45) is 0 Å². The summed E-state index contributed by atoms with van der Waals surface area (Å²) < 4.78 is 0. The summed E-state index contributed by atoms with van der Waals surface area (Å²) >= 11 is 0. The molecule has 0 spiro atoms. The Balaban J connectivity index is 1.93. The molecule has 0 atom stereocenters. The van der Waals surface area contributed by atoms with Gasteiger partial charge in [-0.25, -0.2) is 5.32 Å². The van der Waals surface area contributed by atoms with Crippen LogP contribution in [0.25, 0.3) is 0 Å². The van der Waals surface area contributed by atoms with Gasteiger partial charge in [0.1, 0.15) is 0 Å². The molecule has 0 saturated heterocycles. The van der Waals surface area contributed by atoms with Crippen molar-refractivity contribution in [1.29, 1.82) is 0 Å². The van der Waals surface area contributed by atoms with Gasteiger partial charge in [-0.15, -0.1) is 0 Å². The molecule has 1 radical (unpaired) electrons. The molecule has 1 aromatic rings. The van der Waals surface area contributed by atoms with E-state index >= 15 is 0 Å². The smallest absolute Gasteiger partial charge is 0.0136 e. The minimum Gasteiger partial charge on any atom is -0.242 e. The van der Waals surface area contributed by atoms with E-state index in [1.165, 1.54) is 31.2 Å². The molecule has 0 amide bonds. The molecule has 15 heavy (non-hydrogen) atoms. The minimum absolute atomic E-state index is 1.03. The molecule has 1 nitrogen and oxygen atoms in total. The second kappa shape index (κ2) is 8.49. The molecule has 0 heterocycles. The molecular weight excluding hydrogens is 182 g/mol. The molecule has 1 heteroatoms. The Hall–Kier alpha value is -0.820. The fourth-order valence-electron chi connectivity index (χ4n) is 1.63. The van der Waals surface area contributed by atoms with Crippen LogP contribution in [-0.4, -0.2) is 13.1 Å². The Morgan fingerprint density at radius 2 is 1.67 bits per heavy atom. The second-order valence-electron chi connectivity index (χ2n) is 3.97. The summed E-state index contributed by atoms with van der Waals surface area (Å²) in [7, 11) is 0. The first kappa shape index (κ1) is 12.3. The van der Waals surface area contributed by atoms with E-state index in [1.807, 2.05) is 0 Å². The molecule has 0 N–H and O–H groups in total. The van der Waals surface area contributed by atoms with Crippen molar-refractivity contribution in [1.82, 2.24) is 5.32 Å². The number of benzene rings is 1. The van der Waals surface area contributed by atoms with Gasteiger partial charge < -0.3 is 0 Å². The van der Waals surface area contributed by atoms with E-state index in [0.29, 0.717) is 0 Å². The molecule has 0 aliphatic rings. The summed E-state index contributed by atoms with van der Waals surface area (Å²) in [6, 6.07) is 10.7. The molecule has 83 valence electrons. The quantitative estimate of drug-likeness (QED) is 0.576. The average Bonchev–Trinajstić information content (AvgIpc) is 2.29. The van der Waals surface area contributed by atoms with Crippen LogP contribution in [0.1, 0.15) is 38.2 Å². The van der Waals surface area contributed by atoms with Crippen molar-refractivity contribution in [2.45, 2.75) is 39.0 Å². The van der Waals surface area contributed by atoms with Gasteiger partial charge in [0.25, 0.3) is 0 Å². The topological polar surface area (TPSA) is 14.1 Å². The lowest BCUT2D eigenvalue weighted by atomic mass is 10.1. The standard InChI is InChI=1S/C14H22N/c1-2-3-7-12-15-13-8-11-14-9-5-4-6-10-14/h4-6,9-10H,2-3,7-8,11-13H2,1H3. The number of nitrogens with zero attached hydrogens (tertiary/aromatic N) is 1. The molecule has 0 saturated carbocycles. The number of hydrogen-bond acceptors (Lipinski definition) is 0. The Kier molecular flexibility index (Phi) is 6.93. The van der Waals surface area contributed by atoms with Gasteiger partial charge in [-0.3, -0.25) is 0 Å². The summed E-state index contributed by atoms with van der Waals surface area (Å²) in [6.45, 7) is 4.32. The predicted molar refractivity (Wildman–Crippen MR) is 66.2 cm³/mol. The summed E-state index contributed by atoms with van der Waals surface area (Å²) in [4.78, 5) is 0. The molecule has 0 aliphatic heterocycles. The van der Waals surface area contributed by atoms with Crippen LogP contribution >= 0.6 is 0 Å². The first-order valence-corrected chi connectivity index (χ1v) is 6.10. The maximum atomic E-state index is 4.52. The monoisotopic (exact) mass is 204 g/mol. The number of rotatable bonds is 8. The summed E-state index contributed by atoms with van der Waals surface area (Å²) in [5.74, 6) is 0. The van der Waals surface area contributed by atoms with Crippen LogP contribution in [0.15, 0.2) is 30.3 Å². The number of hydrogen-bond donors (Lipinski definition) is 0. The molecule has 0 unspecified atom stereocenters. The SMILES string of the molecule is CCCCC[N]CCCc1ccccc1. The van der Waals surface area contributed by atoms with Crippen LogP contribution < -0.4 is 5.32 Å². The maximum absolute atomic E-state index is 4.52. The zero-order valence-electron chi connectivity index (χ0n) is 9.78. The van der Waals surface area contributed by atoms with E-state index < -0.39 is 0 Å². The zero-order chi connectivity index (χ0) is 10.8. The summed E-state index contributed by atoms with van der Waals surface area (Å²) in [5, 5.41) is 4.52. The minimum atomic E-state index is 1.03. The molecule has 1 aromatic carbocycles. The van der Waals surface area contributed by atoms with Gasteiger partial charge in [0.05, 0.1) is 0 Å². The van der Waals surface area contributed by atoms with Crippen molar-refractivity contribution >= 4 is 0 Å². The summed E-state index contributed by atoms with van der Waals surface area (Å²) in [6.07, 6.45) is 6.23. The predicted octanol–water partition coefficient (Wildman–Crippen LogP) is 3.41.